The predicted molar refractivity (Wildman–Crippen MR) is 68.6 cm³/mol. The van der Waals surface area contributed by atoms with Crippen molar-refractivity contribution < 1.29 is 9.53 Å². The third-order valence-electron chi connectivity index (χ3n) is 2.69. The van der Waals surface area contributed by atoms with Crippen LogP contribution in [-0.2, 0) is 9.53 Å². The van der Waals surface area contributed by atoms with Gasteiger partial charge in [-0.25, -0.2) is 9.97 Å². The number of anilines is 2. The first-order chi connectivity index (χ1) is 8.79. The maximum atomic E-state index is 11.4. The highest BCUT2D eigenvalue weighted by Crippen LogP contribution is 2.12. The highest BCUT2D eigenvalue weighted by Gasteiger charge is 2.13. The third kappa shape index (κ3) is 3.40. The molecule has 1 aromatic heterocycles. The van der Waals surface area contributed by atoms with Gasteiger partial charge in [0.2, 0.25) is 11.9 Å². The number of aromatic nitrogens is 2. The van der Waals surface area contributed by atoms with E-state index in [1.165, 1.54) is 0 Å². The van der Waals surface area contributed by atoms with E-state index < -0.39 is 0 Å². The Morgan fingerprint density at radius 2 is 2.06 bits per heavy atom. The second kappa shape index (κ2) is 6.30. The topological polar surface area (TPSA) is 67.4 Å². The number of rotatable bonds is 4. The fourth-order valence-corrected chi connectivity index (χ4v) is 1.76. The SMILES string of the molecule is CCCC(=O)Nc1cnc(N2CCOCC2)nc1. The van der Waals surface area contributed by atoms with Crippen LogP contribution in [0.25, 0.3) is 0 Å². The summed E-state index contributed by atoms with van der Waals surface area (Å²) < 4.78 is 5.27. The van der Waals surface area contributed by atoms with Crippen molar-refractivity contribution in [3.05, 3.63) is 12.4 Å². The molecule has 0 aromatic carbocycles. The first-order valence-corrected chi connectivity index (χ1v) is 6.24. The molecule has 1 saturated heterocycles. The molecule has 2 rings (SSSR count). The van der Waals surface area contributed by atoms with E-state index in [2.05, 4.69) is 20.2 Å². The molecule has 98 valence electrons. The summed E-state index contributed by atoms with van der Waals surface area (Å²) in [4.78, 5) is 22.0. The summed E-state index contributed by atoms with van der Waals surface area (Å²) in [6.07, 6.45) is 4.64. The average molecular weight is 250 g/mol. The molecule has 6 nitrogen and oxygen atoms in total. The van der Waals surface area contributed by atoms with Gasteiger partial charge in [-0.3, -0.25) is 4.79 Å². The number of ether oxygens (including phenoxy) is 1. The van der Waals surface area contributed by atoms with Crippen molar-refractivity contribution in [2.75, 3.05) is 36.5 Å². The zero-order valence-electron chi connectivity index (χ0n) is 10.6. The van der Waals surface area contributed by atoms with Gasteiger partial charge in [0, 0.05) is 19.5 Å². The van der Waals surface area contributed by atoms with E-state index in [0.717, 1.165) is 19.5 Å². The van der Waals surface area contributed by atoms with Crippen LogP contribution in [0.5, 0.6) is 0 Å². The Morgan fingerprint density at radius 3 is 2.67 bits per heavy atom. The van der Waals surface area contributed by atoms with Gasteiger partial charge in [0.25, 0.3) is 0 Å². The Balaban J connectivity index is 1.94. The quantitative estimate of drug-likeness (QED) is 0.865. The van der Waals surface area contributed by atoms with E-state index in [1.54, 1.807) is 12.4 Å². The van der Waals surface area contributed by atoms with Crippen molar-refractivity contribution in [2.45, 2.75) is 19.8 Å². The molecule has 0 spiro atoms. The molecule has 1 amide bonds. The van der Waals surface area contributed by atoms with Crippen LogP contribution in [0, 0.1) is 0 Å². The number of hydrogen-bond acceptors (Lipinski definition) is 5. The van der Waals surface area contributed by atoms with Crippen LogP contribution in [0.3, 0.4) is 0 Å². The first-order valence-electron chi connectivity index (χ1n) is 6.24. The number of carbonyl (C=O) groups excluding carboxylic acids is 1. The Bertz CT molecular complexity index is 388. The molecular formula is C12H18N4O2. The highest BCUT2D eigenvalue weighted by molar-refractivity contribution is 5.90. The fraction of sp³-hybridized carbons (Fsp3) is 0.583. The van der Waals surface area contributed by atoms with Crippen LogP contribution in [0.4, 0.5) is 11.6 Å². The van der Waals surface area contributed by atoms with E-state index >= 15 is 0 Å². The zero-order valence-corrected chi connectivity index (χ0v) is 10.6. The molecule has 0 bridgehead atoms. The lowest BCUT2D eigenvalue weighted by Gasteiger charge is -2.26. The molecule has 6 heteroatoms. The minimum absolute atomic E-state index is 0.000206. The summed E-state index contributed by atoms with van der Waals surface area (Å²) in [5, 5.41) is 2.77. The number of carbonyl (C=O) groups is 1. The Labute approximate surface area is 106 Å². The van der Waals surface area contributed by atoms with E-state index in [1.807, 2.05) is 6.92 Å². The van der Waals surface area contributed by atoms with Crippen LogP contribution in [0.15, 0.2) is 12.4 Å². The molecule has 0 atom stereocenters. The maximum Gasteiger partial charge on any atom is 0.225 e. The number of hydrogen-bond donors (Lipinski definition) is 1. The minimum Gasteiger partial charge on any atom is -0.378 e. The van der Waals surface area contributed by atoms with E-state index in [0.29, 0.717) is 31.3 Å². The van der Waals surface area contributed by atoms with Gasteiger partial charge in [0.05, 0.1) is 31.3 Å². The number of amides is 1. The molecule has 1 aromatic rings. The van der Waals surface area contributed by atoms with Gasteiger partial charge in [0.1, 0.15) is 0 Å². The lowest BCUT2D eigenvalue weighted by atomic mass is 10.3. The number of nitrogens with zero attached hydrogens (tertiary/aromatic N) is 3. The number of morpholine rings is 1. The van der Waals surface area contributed by atoms with Gasteiger partial charge < -0.3 is 15.0 Å². The first kappa shape index (κ1) is 12.8. The number of nitrogens with one attached hydrogen (secondary N) is 1. The van der Waals surface area contributed by atoms with Crippen LogP contribution in [-0.4, -0.2) is 42.2 Å². The monoisotopic (exact) mass is 250 g/mol. The van der Waals surface area contributed by atoms with Gasteiger partial charge in [-0.2, -0.15) is 0 Å². The molecule has 1 aliphatic heterocycles. The summed E-state index contributed by atoms with van der Waals surface area (Å²) in [6, 6.07) is 0. The standard InChI is InChI=1S/C12H18N4O2/c1-2-3-11(17)15-10-8-13-12(14-9-10)16-4-6-18-7-5-16/h8-9H,2-7H2,1H3,(H,15,17). The Hall–Kier alpha value is -1.69. The normalized spacial score (nSPS) is 15.5. The molecule has 18 heavy (non-hydrogen) atoms. The molecule has 1 aliphatic rings. The lowest BCUT2D eigenvalue weighted by molar-refractivity contribution is -0.116. The Morgan fingerprint density at radius 1 is 1.39 bits per heavy atom. The fourth-order valence-electron chi connectivity index (χ4n) is 1.76. The van der Waals surface area contributed by atoms with Crippen molar-refractivity contribution in [1.29, 1.82) is 0 Å². The van der Waals surface area contributed by atoms with E-state index in [9.17, 15) is 4.79 Å². The second-order valence-corrected chi connectivity index (χ2v) is 4.17. The molecular weight excluding hydrogens is 232 g/mol. The van der Waals surface area contributed by atoms with Gasteiger partial charge in [0.15, 0.2) is 0 Å². The van der Waals surface area contributed by atoms with Crippen LogP contribution in [0.1, 0.15) is 19.8 Å². The van der Waals surface area contributed by atoms with Gasteiger partial charge in [-0.15, -0.1) is 0 Å². The molecule has 1 N–H and O–H groups in total. The smallest absolute Gasteiger partial charge is 0.225 e. The molecule has 0 unspecified atom stereocenters. The highest BCUT2D eigenvalue weighted by atomic mass is 16.5. The van der Waals surface area contributed by atoms with Gasteiger partial charge in [-0.1, -0.05) is 6.92 Å². The molecule has 0 aliphatic carbocycles. The van der Waals surface area contributed by atoms with Crippen molar-refractivity contribution in [2.24, 2.45) is 0 Å². The van der Waals surface area contributed by atoms with Gasteiger partial charge in [-0.05, 0) is 6.42 Å². The lowest BCUT2D eigenvalue weighted by Crippen LogP contribution is -2.37. The molecule has 1 fully saturated rings. The van der Waals surface area contributed by atoms with Crippen molar-refractivity contribution in [1.82, 2.24) is 9.97 Å². The van der Waals surface area contributed by atoms with Gasteiger partial charge >= 0.3 is 0 Å². The minimum atomic E-state index is 0.000206. The van der Waals surface area contributed by atoms with Crippen LogP contribution in [0.2, 0.25) is 0 Å². The largest absolute Gasteiger partial charge is 0.378 e. The summed E-state index contributed by atoms with van der Waals surface area (Å²) in [5.74, 6) is 0.687. The van der Waals surface area contributed by atoms with Crippen LogP contribution >= 0.6 is 0 Å². The Kier molecular flexibility index (Phi) is 4.46. The predicted octanol–water partition coefficient (Wildman–Crippen LogP) is 1.05. The third-order valence-corrected chi connectivity index (χ3v) is 2.69. The van der Waals surface area contributed by atoms with E-state index in [-0.39, 0.29) is 5.91 Å². The summed E-state index contributed by atoms with van der Waals surface area (Å²) in [7, 11) is 0. The zero-order chi connectivity index (χ0) is 12.8. The van der Waals surface area contributed by atoms with Crippen molar-refractivity contribution >= 4 is 17.5 Å². The van der Waals surface area contributed by atoms with Crippen molar-refractivity contribution in [3.8, 4) is 0 Å². The molecule has 0 saturated carbocycles. The van der Waals surface area contributed by atoms with Crippen molar-refractivity contribution in [3.63, 3.8) is 0 Å². The summed E-state index contributed by atoms with van der Waals surface area (Å²) in [6.45, 7) is 5.00. The summed E-state index contributed by atoms with van der Waals surface area (Å²) >= 11 is 0. The van der Waals surface area contributed by atoms with E-state index in [4.69, 9.17) is 4.74 Å². The maximum absolute atomic E-state index is 11.4. The summed E-state index contributed by atoms with van der Waals surface area (Å²) in [5.41, 5.74) is 0.644. The molecule has 2 heterocycles. The molecule has 0 radical (unpaired) electrons. The van der Waals surface area contributed by atoms with Crippen LogP contribution < -0.4 is 10.2 Å². The average Bonchev–Trinajstić information content (AvgIpc) is 2.41. The second-order valence-electron chi connectivity index (χ2n) is 4.17.